The minimum atomic E-state index is -4.41. The minimum absolute atomic E-state index is 0.0502. The molecule has 0 aliphatic heterocycles. The first kappa shape index (κ1) is 16.5. The van der Waals surface area contributed by atoms with E-state index in [1.54, 1.807) is 23.0 Å². The number of rotatable bonds is 5. The third-order valence-electron chi connectivity index (χ3n) is 3.45. The molecular formula is C16H19F3N2O. The van der Waals surface area contributed by atoms with E-state index in [9.17, 15) is 18.3 Å². The van der Waals surface area contributed by atoms with Gasteiger partial charge in [-0.05, 0) is 11.6 Å². The number of hydrogen-bond acceptors (Lipinski definition) is 2. The van der Waals surface area contributed by atoms with Gasteiger partial charge in [0.1, 0.15) is 5.82 Å². The second-order valence-electron chi connectivity index (χ2n) is 5.61. The maximum Gasteiger partial charge on any atom is 0.416 e. The standard InChI is InChI=1S/C16H19F3N2O/c1-11(2)15-20-7-8-21(15)10-13(22)9-12-5-3-4-6-14(12)16(17,18)19/h3-8,11,13,22H,9-10H2,1-2H3. The predicted octanol–water partition coefficient (Wildman–Crippen LogP) is 3.63. The van der Waals surface area contributed by atoms with E-state index in [2.05, 4.69) is 4.98 Å². The van der Waals surface area contributed by atoms with Crippen LogP contribution in [0.3, 0.4) is 0 Å². The lowest BCUT2D eigenvalue weighted by atomic mass is 10.0. The molecule has 2 rings (SSSR count). The summed E-state index contributed by atoms with van der Waals surface area (Å²) in [7, 11) is 0. The van der Waals surface area contributed by atoms with Crippen molar-refractivity contribution in [2.24, 2.45) is 0 Å². The molecule has 0 bridgehead atoms. The van der Waals surface area contributed by atoms with E-state index in [1.165, 1.54) is 12.1 Å². The van der Waals surface area contributed by atoms with Crippen molar-refractivity contribution in [3.63, 3.8) is 0 Å². The number of imidazole rings is 1. The van der Waals surface area contributed by atoms with Gasteiger partial charge in [-0.2, -0.15) is 13.2 Å². The summed E-state index contributed by atoms with van der Waals surface area (Å²) in [4.78, 5) is 4.20. The molecule has 120 valence electrons. The van der Waals surface area contributed by atoms with E-state index in [0.29, 0.717) is 0 Å². The van der Waals surface area contributed by atoms with Crippen molar-refractivity contribution in [1.29, 1.82) is 0 Å². The van der Waals surface area contributed by atoms with Crippen molar-refractivity contribution in [1.82, 2.24) is 9.55 Å². The number of alkyl halides is 3. The molecule has 0 aliphatic carbocycles. The zero-order valence-corrected chi connectivity index (χ0v) is 12.5. The number of aliphatic hydroxyl groups is 1. The molecule has 0 amide bonds. The summed E-state index contributed by atoms with van der Waals surface area (Å²) in [6, 6.07) is 5.35. The highest BCUT2D eigenvalue weighted by Crippen LogP contribution is 2.32. The van der Waals surface area contributed by atoms with Gasteiger partial charge < -0.3 is 9.67 Å². The lowest BCUT2D eigenvalue weighted by Crippen LogP contribution is -2.22. The Morgan fingerprint density at radius 2 is 1.91 bits per heavy atom. The van der Waals surface area contributed by atoms with Crippen LogP contribution in [0.25, 0.3) is 0 Å². The van der Waals surface area contributed by atoms with Gasteiger partial charge in [0.05, 0.1) is 18.2 Å². The maximum atomic E-state index is 12.9. The number of benzene rings is 1. The van der Waals surface area contributed by atoms with E-state index in [4.69, 9.17) is 0 Å². The van der Waals surface area contributed by atoms with Crippen molar-refractivity contribution in [2.45, 2.75) is 45.0 Å². The van der Waals surface area contributed by atoms with E-state index >= 15 is 0 Å². The molecule has 22 heavy (non-hydrogen) atoms. The van der Waals surface area contributed by atoms with E-state index in [1.807, 2.05) is 13.8 Å². The van der Waals surface area contributed by atoms with Gasteiger partial charge >= 0.3 is 6.18 Å². The Morgan fingerprint density at radius 3 is 2.55 bits per heavy atom. The quantitative estimate of drug-likeness (QED) is 0.915. The van der Waals surface area contributed by atoms with Crippen LogP contribution in [0.1, 0.15) is 36.7 Å². The average molecular weight is 312 g/mol. The van der Waals surface area contributed by atoms with Crippen LogP contribution >= 0.6 is 0 Å². The fourth-order valence-electron chi connectivity index (χ4n) is 2.50. The molecule has 1 N–H and O–H groups in total. The van der Waals surface area contributed by atoms with Crippen LogP contribution in [0.4, 0.5) is 13.2 Å². The van der Waals surface area contributed by atoms with Crippen LogP contribution in [-0.4, -0.2) is 20.8 Å². The van der Waals surface area contributed by atoms with Gasteiger partial charge in [-0.15, -0.1) is 0 Å². The Kier molecular flexibility index (Phi) is 4.90. The lowest BCUT2D eigenvalue weighted by Gasteiger charge is -2.18. The summed E-state index contributed by atoms with van der Waals surface area (Å²) in [5.41, 5.74) is -0.586. The van der Waals surface area contributed by atoms with Crippen molar-refractivity contribution < 1.29 is 18.3 Å². The number of halogens is 3. The molecule has 1 aromatic heterocycles. The Balaban J connectivity index is 2.13. The van der Waals surface area contributed by atoms with Crippen LogP contribution in [-0.2, 0) is 19.1 Å². The number of aromatic nitrogens is 2. The molecule has 0 radical (unpaired) electrons. The Bertz CT molecular complexity index is 620. The van der Waals surface area contributed by atoms with Crippen molar-refractivity contribution in [2.75, 3.05) is 0 Å². The first-order valence-electron chi connectivity index (χ1n) is 7.13. The predicted molar refractivity (Wildman–Crippen MR) is 77.5 cm³/mol. The molecule has 0 saturated carbocycles. The van der Waals surface area contributed by atoms with Crippen molar-refractivity contribution in [3.05, 3.63) is 53.6 Å². The Hall–Kier alpha value is -1.82. The molecule has 0 saturated heterocycles. The number of nitrogens with zero attached hydrogens (tertiary/aromatic N) is 2. The topological polar surface area (TPSA) is 38.0 Å². The normalized spacial score (nSPS) is 13.6. The smallest absolute Gasteiger partial charge is 0.391 e. The Labute approximate surface area is 127 Å². The zero-order chi connectivity index (χ0) is 16.3. The van der Waals surface area contributed by atoms with Gasteiger partial charge in [0.15, 0.2) is 0 Å². The molecule has 0 spiro atoms. The maximum absolute atomic E-state index is 12.9. The molecule has 6 heteroatoms. The monoisotopic (exact) mass is 312 g/mol. The van der Waals surface area contributed by atoms with Gasteiger partial charge in [-0.25, -0.2) is 4.98 Å². The highest BCUT2D eigenvalue weighted by atomic mass is 19.4. The summed E-state index contributed by atoms with van der Waals surface area (Å²) in [6.45, 7) is 4.17. The summed E-state index contributed by atoms with van der Waals surface area (Å²) in [6.07, 6.45) is -2.00. The summed E-state index contributed by atoms with van der Waals surface area (Å²) < 4.78 is 40.6. The molecule has 0 fully saturated rings. The second-order valence-corrected chi connectivity index (χ2v) is 5.61. The average Bonchev–Trinajstić information content (AvgIpc) is 2.86. The third kappa shape index (κ3) is 3.88. The SMILES string of the molecule is CC(C)c1nccn1CC(O)Cc1ccccc1C(F)(F)F. The molecule has 1 heterocycles. The fourth-order valence-corrected chi connectivity index (χ4v) is 2.50. The Morgan fingerprint density at radius 1 is 1.23 bits per heavy atom. The number of aliphatic hydroxyl groups excluding tert-OH is 1. The second kappa shape index (κ2) is 6.52. The largest absolute Gasteiger partial charge is 0.416 e. The van der Waals surface area contributed by atoms with E-state index < -0.39 is 17.8 Å². The minimum Gasteiger partial charge on any atom is -0.391 e. The highest BCUT2D eigenvalue weighted by molar-refractivity contribution is 5.30. The summed E-state index contributed by atoms with van der Waals surface area (Å²) in [5.74, 6) is 0.993. The summed E-state index contributed by atoms with van der Waals surface area (Å²) in [5, 5.41) is 10.2. The molecule has 1 unspecified atom stereocenters. The van der Waals surface area contributed by atoms with E-state index in [0.717, 1.165) is 11.9 Å². The molecular weight excluding hydrogens is 293 g/mol. The lowest BCUT2D eigenvalue weighted by molar-refractivity contribution is -0.138. The van der Waals surface area contributed by atoms with Gasteiger partial charge in [0.2, 0.25) is 0 Å². The molecule has 1 aromatic carbocycles. The zero-order valence-electron chi connectivity index (χ0n) is 12.5. The van der Waals surface area contributed by atoms with Crippen LogP contribution < -0.4 is 0 Å². The molecule has 1 atom stereocenters. The van der Waals surface area contributed by atoms with E-state index in [-0.39, 0.29) is 24.4 Å². The van der Waals surface area contributed by atoms with Crippen LogP contribution in [0.2, 0.25) is 0 Å². The van der Waals surface area contributed by atoms with Crippen LogP contribution in [0, 0.1) is 0 Å². The summed E-state index contributed by atoms with van der Waals surface area (Å²) >= 11 is 0. The molecule has 0 aliphatic rings. The first-order chi connectivity index (χ1) is 10.3. The van der Waals surface area contributed by atoms with Crippen molar-refractivity contribution in [3.8, 4) is 0 Å². The fraction of sp³-hybridized carbons (Fsp3) is 0.438. The molecule has 3 nitrogen and oxygen atoms in total. The van der Waals surface area contributed by atoms with Gasteiger partial charge in [-0.1, -0.05) is 32.0 Å². The van der Waals surface area contributed by atoms with Gasteiger partial charge in [0, 0.05) is 24.7 Å². The van der Waals surface area contributed by atoms with Crippen molar-refractivity contribution >= 4 is 0 Å². The third-order valence-corrected chi connectivity index (χ3v) is 3.45. The van der Waals surface area contributed by atoms with Crippen LogP contribution in [0.5, 0.6) is 0 Å². The van der Waals surface area contributed by atoms with Gasteiger partial charge in [-0.3, -0.25) is 0 Å². The van der Waals surface area contributed by atoms with Crippen LogP contribution in [0.15, 0.2) is 36.7 Å². The van der Waals surface area contributed by atoms with Gasteiger partial charge in [0.25, 0.3) is 0 Å². The highest BCUT2D eigenvalue weighted by Gasteiger charge is 2.33. The molecule has 2 aromatic rings. The number of hydrogen-bond donors (Lipinski definition) is 1. The first-order valence-corrected chi connectivity index (χ1v) is 7.13.